The van der Waals surface area contributed by atoms with E-state index in [4.69, 9.17) is 4.42 Å². The predicted octanol–water partition coefficient (Wildman–Crippen LogP) is 5.45. The first-order valence-corrected chi connectivity index (χ1v) is 8.69. The van der Waals surface area contributed by atoms with Crippen LogP contribution in [0.2, 0.25) is 0 Å². The topological polar surface area (TPSA) is 55.1 Å². The van der Waals surface area contributed by atoms with Gasteiger partial charge >= 0.3 is 0 Å². The fraction of sp³-hybridized carbons (Fsp3) is 0.0909. The summed E-state index contributed by atoms with van der Waals surface area (Å²) < 4.78 is 19.1. The summed E-state index contributed by atoms with van der Waals surface area (Å²) in [5.41, 5.74) is 4.46. The molecular formula is C22H17FN2O2. The first-order valence-electron chi connectivity index (χ1n) is 8.69. The maximum atomic E-state index is 13.2. The molecule has 4 nitrogen and oxygen atoms in total. The maximum Gasteiger partial charge on any atom is 0.255 e. The Morgan fingerprint density at radius 3 is 2.63 bits per heavy atom. The minimum Gasteiger partial charge on any atom is -0.436 e. The van der Waals surface area contributed by atoms with Crippen molar-refractivity contribution in [2.45, 2.75) is 13.3 Å². The SMILES string of the molecule is CCc1ccc2oc(-c3ccc(NC(=O)c4cccc(F)c4)cc3)nc2c1. The highest BCUT2D eigenvalue weighted by atomic mass is 19.1. The van der Waals surface area contributed by atoms with Gasteiger partial charge in [0.2, 0.25) is 5.89 Å². The van der Waals surface area contributed by atoms with Crippen LogP contribution in [0, 0.1) is 5.82 Å². The van der Waals surface area contributed by atoms with Crippen LogP contribution in [-0.2, 0) is 6.42 Å². The number of rotatable bonds is 4. The van der Waals surface area contributed by atoms with Crippen molar-refractivity contribution < 1.29 is 13.6 Å². The van der Waals surface area contributed by atoms with Gasteiger partial charge in [-0.15, -0.1) is 0 Å². The van der Waals surface area contributed by atoms with Gasteiger partial charge in [0.1, 0.15) is 11.3 Å². The van der Waals surface area contributed by atoms with Crippen molar-refractivity contribution in [2.24, 2.45) is 0 Å². The normalized spacial score (nSPS) is 10.9. The maximum absolute atomic E-state index is 13.2. The zero-order valence-corrected chi connectivity index (χ0v) is 14.7. The molecule has 5 heteroatoms. The fourth-order valence-corrected chi connectivity index (χ4v) is 2.85. The molecule has 0 aliphatic carbocycles. The Kier molecular flexibility index (Phi) is 4.42. The van der Waals surface area contributed by atoms with E-state index in [1.54, 1.807) is 18.2 Å². The number of carbonyl (C=O) groups excluding carboxylic acids is 1. The smallest absolute Gasteiger partial charge is 0.255 e. The van der Waals surface area contributed by atoms with E-state index in [1.165, 1.54) is 23.8 Å². The van der Waals surface area contributed by atoms with E-state index in [0.29, 0.717) is 11.6 Å². The van der Waals surface area contributed by atoms with Crippen LogP contribution in [0.3, 0.4) is 0 Å². The first-order chi connectivity index (χ1) is 13.1. The van der Waals surface area contributed by atoms with Crippen LogP contribution >= 0.6 is 0 Å². The molecule has 134 valence electrons. The Labute approximate surface area is 155 Å². The molecule has 1 heterocycles. The molecule has 0 radical (unpaired) electrons. The molecular weight excluding hydrogens is 343 g/mol. The second-order valence-electron chi connectivity index (χ2n) is 6.22. The zero-order chi connectivity index (χ0) is 18.8. The molecule has 1 amide bonds. The molecule has 4 rings (SSSR count). The number of benzene rings is 3. The highest BCUT2D eigenvalue weighted by Gasteiger charge is 2.10. The second kappa shape index (κ2) is 7.03. The Morgan fingerprint density at radius 1 is 1.07 bits per heavy atom. The molecule has 1 N–H and O–H groups in total. The summed E-state index contributed by atoms with van der Waals surface area (Å²) >= 11 is 0. The average Bonchev–Trinajstić information content (AvgIpc) is 3.11. The van der Waals surface area contributed by atoms with Crippen molar-refractivity contribution >= 4 is 22.7 Å². The van der Waals surface area contributed by atoms with Crippen LogP contribution in [0.4, 0.5) is 10.1 Å². The molecule has 0 bridgehead atoms. The largest absolute Gasteiger partial charge is 0.436 e. The summed E-state index contributed by atoms with van der Waals surface area (Å²) in [6.45, 7) is 2.10. The summed E-state index contributed by atoms with van der Waals surface area (Å²) in [5, 5.41) is 2.75. The van der Waals surface area contributed by atoms with Gasteiger partial charge < -0.3 is 9.73 Å². The number of carbonyl (C=O) groups is 1. The highest BCUT2D eigenvalue weighted by Crippen LogP contribution is 2.26. The van der Waals surface area contributed by atoms with Crippen LogP contribution < -0.4 is 5.32 Å². The second-order valence-corrected chi connectivity index (χ2v) is 6.22. The molecule has 27 heavy (non-hydrogen) atoms. The summed E-state index contributed by atoms with van der Waals surface area (Å²) in [4.78, 5) is 16.7. The monoisotopic (exact) mass is 360 g/mol. The Bertz CT molecular complexity index is 1120. The van der Waals surface area contributed by atoms with Gasteiger partial charge in [-0.2, -0.15) is 0 Å². The number of amides is 1. The molecule has 3 aromatic carbocycles. The van der Waals surface area contributed by atoms with Crippen molar-refractivity contribution in [1.82, 2.24) is 4.98 Å². The molecule has 0 fully saturated rings. The van der Waals surface area contributed by atoms with Crippen LogP contribution in [0.25, 0.3) is 22.6 Å². The van der Waals surface area contributed by atoms with E-state index < -0.39 is 5.82 Å². The molecule has 0 aliphatic heterocycles. The third-order valence-electron chi connectivity index (χ3n) is 4.34. The predicted molar refractivity (Wildman–Crippen MR) is 103 cm³/mol. The van der Waals surface area contributed by atoms with Gasteiger partial charge in [-0.3, -0.25) is 4.79 Å². The first kappa shape index (κ1) is 17.0. The number of fused-ring (bicyclic) bond motifs is 1. The number of oxazole rings is 1. The lowest BCUT2D eigenvalue weighted by atomic mass is 10.1. The quantitative estimate of drug-likeness (QED) is 0.526. The molecule has 0 spiro atoms. The van der Waals surface area contributed by atoms with E-state index in [9.17, 15) is 9.18 Å². The minimum absolute atomic E-state index is 0.268. The minimum atomic E-state index is -0.444. The van der Waals surface area contributed by atoms with E-state index in [0.717, 1.165) is 23.1 Å². The summed E-state index contributed by atoms with van der Waals surface area (Å²) in [6, 6.07) is 18.7. The molecule has 4 aromatic rings. The summed E-state index contributed by atoms with van der Waals surface area (Å²) in [7, 11) is 0. The fourth-order valence-electron chi connectivity index (χ4n) is 2.85. The van der Waals surface area contributed by atoms with Crippen molar-refractivity contribution in [1.29, 1.82) is 0 Å². The zero-order valence-electron chi connectivity index (χ0n) is 14.7. The van der Waals surface area contributed by atoms with Gasteiger partial charge in [-0.25, -0.2) is 9.37 Å². The van der Waals surface area contributed by atoms with Gasteiger partial charge in [0.15, 0.2) is 5.58 Å². The number of hydrogen-bond acceptors (Lipinski definition) is 3. The summed E-state index contributed by atoms with van der Waals surface area (Å²) in [6.07, 6.45) is 0.942. The lowest BCUT2D eigenvalue weighted by Crippen LogP contribution is -2.11. The Balaban J connectivity index is 1.54. The number of nitrogens with one attached hydrogen (secondary N) is 1. The van der Waals surface area contributed by atoms with Gasteiger partial charge in [-0.1, -0.05) is 19.1 Å². The van der Waals surface area contributed by atoms with E-state index in [-0.39, 0.29) is 11.5 Å². The third-order valence-corrected chi connectivity index (χ3v) is 4.34. The third kappa shape index (κ3) is 3.58. The highest BCUT2D eigenvalue weighted by molar-refractivity contribution is 6.04. The average molecular weight is 360 g/mol. The number of nitrogens with zero attached hydrogens (tertiary/aromatic N) is 1. The lowest BCUT2D eigenvalue weighted by Gasteiger charge is -2.06. The lowest BCUT2D eigenvalue weighted by molar-refractivity contribution is 0.102. The standard InChI is InChI=1S/C22H17FN2O2/c1-2-14-6-11-20-19(12-14)25-22(27-20)15-7-9-18(10-8-15)24-21(26)16-4-3-5-17(23)13-16/h3-13H,2H2,1H3,(H,24,26). The van der Waals surface area contributed by atoms with E-state index >= 15 is 0 Å². The molecule has 0 atom stereocenters. The summed E-state index contributed by atoms with van der Waals surface area (Å²) in [5.74, 6) is -0.280. The van der Waals surface area contributed by atoms with Crippen LogP contribution in [-0.4, -0.2) is 10.9 Å². The van der Waals surface area contributed by atoms with Crippen molar-refractivity contribution in [2.75, 3.05) is 5.32 Å². The Morgan fingerprint density at radius 2 is 1.89 bits per heavy atom. The molecule has 1 aromatic heterocycles. The number of anilines is 1. The molecule has 0 saturated carbocycles. The van der Waals surface area contributed by atoms with Crippen LogP contribution in [0.15, 0.2) is 71.1 Å². The molecule has 0 unspecified atom stereocenters. The number of aryl methyl sites for hydroxylation is 1. The van der Waals surface area contributed by atoms with Gasteiger partial charge in [-0.05, 0) is 66.6 Å². The number of hydrogen-bond donors (Lipinski definition) is 1. The van der Waals surface area contributed by atoms with Gasteiger partial charge in [0.05, 0.1) is 0 Å². The van der Waals surface area contributed by atoms with Gasteiger partial charge in [0, 0.05) is 16.8 Å². The van der Waals surface area contributed by atoms with Crippen LogP contribution in [0.5, 0.6) is 0 Å². The molecule has 0 aliphatic rings. The number of aromatic nitrogens is 1. The Hall–Kier alpha value is -3.47. The van der Waals surface area contributed by atoms with E-state index in [1.807, 2.05) is 30.3 Å². The molecule has 0 saturated heterocycles. The van der Waals surface area contributed by atoms with Crippen LogP contribution in [0.1, 0.15) is 22.8 Å². The van der Waals surface area contributed by atoms with Gasteiger partial charge in [0.25, 0.3) is 5.91 Å². The van der Waals surface area contributed by atoms with Crippen molar-refractivity contribution in [3.05, 3.63) is 83.7 Å². The van der Waals surface area contributed by atoms with Crippen molar-refractivity contribution in [3.63, 3.8) is 0 Å². The number of halogens is 1. The van der Waals surface area contributed by atoms with Crippen molar-refractivity contribution in [3.8, 4) is 11.5 Å². The van der Waals surface area contributed by atoms with E-state index in [2.05, 4.69) is 17.2 Å².